The maximum Gasteiger partial charge on any atom is 0.406 e. The smallest absolute Gasteiger partial charge is 0.357 e. The number of amides is 1. The second kappa shape index (κ2) is 7.34. The summed E-state index contributed by atoms with van der Waals surface area (Å²) in [5.41, 5.74) is 1.03. The lowest BCUT2D eigenvalue weighted by Gasteiger charge is -2.18. The van der Waals surface area contributed by atoms with Gasteiger partial charge in [0.1, 0.15) is 18.4 Å². The van der Waals surface area contributed by atoms with Crippen molar-refractivity contribution in [1.29, 1.82) is 0 Å². The molecule has 0 spiro atoms. The summed E-state index contributed by atoms with van der Waals surface area (Å²) in [6, 6.07) is 7.31. The molecule has 1 atom stereocenters. The minimum atomic E-state index is -4.43. The van der Waals surface area contributed by atoms with Crippen LogP contribution < -0.4 is 5.32 Å². The number of carbonyl (C=O) groups is 1. The van der Waals surface area contributed by atoms with Crippen molar-refractivity contribution >= 4 is 40.6 Å². The number of anilines is 1. The van der Waals surface area contributed by atoms with Gasteiger partial charge in [0.2, 0.25) is 5.91 Å². The van der Waals surface area contributed by atoms with Crippen molar-refractivity contribution in [3.63, 3.8) is 0 Å². The van der Waals surface area contributed by atoms with Gasteiger partial charge in [0, 0.05) is 22.2 Å². The minimum absolute atomic E-state index is 0.0249. The molecule has 7 nitrogen and oxygen atoms in total. The normalized spacial score (nSPS) is 17.3. The second-order valence-electron chi connectivity index (χ2n) is 6.53. The molecule has 1 unspecified atom stereocenters. The number of likely N-dealkylation sites (tertiary alicyclic amines) is 1. The predicted molar refractivity (Wildman–Crippen MR) is 101 cm³/mol. The molecule has 1 amide bonds. The third-order valence-electron chi connectivity index (χ3n) is 4.37. The van der Waals surface area contributed by atoms with Crippen molar-refractivity contribution in [2.45, 2.75) is 18.6 Å². The van der Waals surface area contributed by atoms with Crippen LogP contribution in [0.5, 0.6) is 0 Å². The van der Waals surface area contributed by atoms with Gasteiger partial charge >= 0.3 is 6.18 Å². The molecule has 1 aromatic carbocycles. The average Bonchev–Trinajstić information content (AvgIpc) is 3.18. The molecule has 2 aromatic heterocycles. The van der Waals surface area contributed by atoms with Crippen LogP contribution in [0.15, 0.2) is 30.3 Å². The Bertz CT molecular complexity index is 1070. The Morgan fingerprint density at radius 3 is 2.55 bits per heavy atom. The van der Waals surface area contributed by atoms with Gasteiger partial charge in [-0.2, -0.15) is 17.7 Å². The first-order chi connectivity index (χ1) is 13.7. The van der Waals surface area contributed by atoms with Crippen molar-refractivity contribution in [2.24, 2.45) is 0 Å². The molecule has 1 aliphatic rings. The maximum atomic E-state index is 12.6. The van der Waals surface area contributed by atoms with E-state index in [2.05, 4.69) is 20.6 Å². The summed E-state index contributed by atoms with van der Waals surface area (Å²) in [5, 5.41) is 16.2. The molecule has 1 N–H and O–H groups in total. The first-order valence-electron chi connectivity index (χ1n) is 8.51. The zero-order valence-electron chi connectivity index (χ0n) is 14.6. The Hall–Kier alpha value is -2.59. The first-order valence-corrected chi connectivity index (χ1v) is 9.26. The van der Waals surface area contributed by atoms with Crippen LogP contribution in [-0.2, 0) is 4.79 Å². The molecular formula is C17H13Cl2F3N6O. The molecule has 152 valence electrons. The number of nitrogens with zero attached hydrogens (tertiary/aromatic N) is 5. The summed E-state index contributed by atoms with van der Waals surface area (Å²) in [4.78, 5) is 13.0. The number of hydrogen-bond donors (Lipinski definition) is 1. The lowest BCUT2D eigenvalue weighted by molar-refractivity contribution is -0.157. The van der Waals surface area contributed by atoms with E-state index >= 15 is 0 Å². The van der Waals surface area contributed by atoms with E-state index in [9.17, 15) is 18.0 Å². The van der Waals surface area contributed by atoms with Crippen molar-refractivity contribution < 1.29 is 18.0 Å². The molecule has 29 heavy (non-hydrogen) atoms. The molecule has 0 aliphatic carbocycles. The number of rotatable bonds is 4. The summed E-state index contributed by atoms with van der Waals surface area (Å²) >= 11 is 12.1. The zero-order valence-corrected chi connectivity index (χ0v) is 16.1. The van der Waals surface area contributed by atoms with Crippen LogP contribution in [0.4, 0.5) is 19.0 Å². The average molecular weight is 445 g/mol. The topological polar surface area (TPSA) is 75.4 Å². The number of carbonyl (C=O) groups excluding carboxylic acids is 1. The SMILES string of the molecule is O=C1C(Nc2ccc3nnc(-c4cc(Cl)cc(Cl)c4)n3n2)CCN1CC(F)(F)F. The molecule has 12 heteroatoms. The van der Waals surface area contributed by atoms with Gasteiger partial charge in [0.15, 0.2) is 11.5 Å². The van der Waals surface area contributed by atoms with Crippen LogP contribution in [0.3, 0.4) is 0 Å². The highest BCUT2D eigenvalue weighted by atomic mass is 35.5. The Labute approximate surface area is 172 Å². The number of hydrogen-bond acceptors (Lipinski definition) is 5. The van der Waals surface area contributed by atoms with Gasteiger partial charge in [0.25, 0.3) is 0 Å². The van der Waals surface area contributed by atoms with Gasteiger partial charge in [-0.1, -0.05) is 23.2 Å². The van der Waals surface area contributed by atoms with E-state index in [-0.39, 0.29) is 13.0 Å². The third-order valence-corrected chi connectivity index (χ3v) is 4.81. The highest BCUT2D eigenvalue weighted by Gasteiger charge is 2.39. The Morgan fingerprint density at radius 2 is 1.86 bits per heavy atom. The second-order valence-corrected chi connectivity index (χ2v) is 7.40. The molecule has 4 rings (SSSR count). The predicted octanol–water partition coefficient (Wildman–Crippen LogP) is 3.67. The quantitative estimate of drug-likeness (QED) is 0.664. The van der Waals surface area contributed by atoms with Crippen LogP contribution in [0.2, 0.25) is 10.0 Å². The molecule has 3 aromatic rings. The van der Waals surface area contributed by atoms with E-state index in [4.69, 9.17) is 23.2 Å². The third kappa shape index (κ3) is 4.23. The van der Waals surface area contributed by atoms with E-state index in [1.165, 1.54) is 4.52 Å². The van der Waals surface area contributed by atoms with Crippen molar-refractivity contribution in [2.75, 3.05) is 18.4 Å². The number of halogens is 5. The highest BCUT2D eigenvalue weighted by molar-refractivity contribution is 6.35. The molecule has 3 heterocycles. The molecule has 1 aliphatic heterocycles. The van der Waals surface area contributed by atoms with Crippen LogP contribution in [0, 0.1) is 0 Å². The van der Waals surface area contributed by atoms with Gasteiger partial charge in [-0.3, -0.25) is 4.79 Å². The van der Waals surface area contributed by atoms with Crippen LogP contribution in [-0.4, -0.2) is 55.9 Å². The largest absolute Gasteiger partial charge is 0.406 e. The van der Waals surface area contributed by atoms with Crippen LogP contribution in [0.25, 0.3) is 17.0 Å². The Morgan fingerprint density at radius 1 is 1.14 bits per heavy atom. The molecule has 1 fully saturated rings. The van der Waals surface area contributed by atoms with E-state index < -0.39 is 24.7 Å². The van der Waals surface area contributed by atoms with E-state index in [1.54, 1.807) is 30.3 Å². The summed E-state index contributed by atoms with van der Waals surface area (Å²) in [6.07, 6.45) is -4.19. The lowest BCUT2D eigenvalue weighted by atomic mass is 10.2. The number of alkyl halides is 3. The maximum absolute atomic E-state index is 12.6. The zero-order chi connectivity index (χ0) is 20.8. The van der Waals surface area contributed by atoms with Crippen molar-refractivity contribution in [3.8, 4) is 11.4 Å². The van der Waals surface area contributed by atoms with Crippen molar-refractivity contribution in [3.05, 3.63) is 40.4 Å². The van der Waals surface area contributed by atoms with Crippen LogP contribution >= 0.6 is 23.2 Å². The lowest BCUT2D eigenvalue weighted by Crippen LogP contribution is -2.39. The summed E-state index contributed by atoms with van der Waals surface area (Å²) in [6.45, 7) is -1.24. The monoisotopic (exact) mass is 444 g/mol. The molecule has 0 radical (unpaired) electrons. The number of aromatic nitrogens is 4. The van der Waals surface area contributed by atoms with Gasteiger partial charge in [-0.25, -0.2) is 0 Å². The first kappa shape index (κ1) is 19.7. The van der Waals surface area contributed by atoms with Gasteiger partial charge < -0.3 is 10.2 Å². The Kier molecular flexibility index (Phi) is 4.99. The fourth-order valence-electron chi connectivity index (χ4n) is 3.15. The molecular weight excluding hydrogens is 432 g/mol. The molecule has 0 bridgehead atoms. The fraction of sp³-hybridized carbons (Fsp3) is 0.294. The van der Waals surface area contributed by atoms with Crippen LogP contribution in [0.1, 0.15) is 6.42 Å². The van der Waals surface area contributed by atoms with Gasteiger partial charge in [-0.05, 0) is 36.8 Å². The van der Waals surface area contributed by atoms with Crippen molar-refractivity contribution in [1.82, 2.24) is 24.7 Å². The Balaban J connectivity index is 1.59. The number of fused-ring (bicyclic) bond motifs is 1. The summed E-state index contributed by atoms with van der Waals surface area (Å²) in [7, 11) is 0. The standard InChI is InChI=1S/C17H13Cl2F3N6O/c18-10-5-9(6-11(19)7-10)15-25-24-14-2-1-13(26-28(14)15)23-12-3-4-27(16(12)29)8-17(20,21)22/h1-2,5-7,12H,3-4,8H2,(H,23,26). The number of benzene rings is 1. The van der Waals surface area contributed by atoms with E-state index in [0.29, 0.717) is 32.9 Å². The van der Waals surface area contributed by atoms with Gasteiger partial charge in [0.05, 0.1) is 0 Å². The highest BCUT2D eigenvalue weighted by Crippen LogP contribution is 2.27. The fourth-order valence-corrected chi connectivity index (χ4v) is 3.68. The summed E-state index contributed by atoms with van der Waals surface area (Å²) < 4.78 is 39.2. The molecule has 0 saturated carbocycles. The van der Waals surface area contributed by atoms with Gasteiger partial charge in [-0.15, -0.1) is 15.3 Å². The minimum Gasteiger partial charge on any atom is -0.357 e. The molecule has 1 saturated heterocycles. The number of nitrogens with one attached hydrogen (secondary N) is 1. The van der Waals surface area contributed by atoms with E-state index in [1.807, 2.05) is 0 Å². The van der Waals surface area contributed by atoms with E-state index in [0.717, 1.165) is 4.90 Å². The summed E-state index contributed by atoms with van der Waals surface area (Å²) in [5.74, 6) is 0.0678.